The Bertz CT molecular complexity index is 761. The average Bonchev–Trinajstić information content (AvgIpc) is 2.59. The Morgan fingerprint density at radius 1 is 1.32 bits per heavy atom. The highest BCUT2D eigenvalue weighted by Gasteiger charge is 2.08. The van der Waals surface area contributed by atoms with Crippen molar-refractivity contribution in [3.05, 3.63) is 52.5 Å². The van der Waals surface area contributed by atoms with E-state index in [0.29, 0.717) is 12.2 Å². The van der Waals surface area contributed by atoms with Crippen LogP contribution in [0, 0.1) is 6.92 Å². The summed E-state index contributed by atoms with van der Waals surface area (Å²) >= 11 is 5.94. The van der Waals surface area contributed by atoms with E-state index in [1.165, 1.54) is 12.3 Å². The number of carbonyl (C=O) groups excluding carboxylic acids is 1. The van der Waals surface area contributed by atoms with Gasteiger partial charge in [-0.25, -0.2) is 5.43 Å². The first-order valence-electron chi connectivity index (χ1n) is 7.77. The molecule has 2 aromatic carbocycles. The van der Waals surface area contributed by atoms with Crippen molar-refractivity contribution in [2.75, 3.05) is 18.5 Å². The molecule has 2 aromatic rings. The van der Waals surface area contributed by atoms with Gasteiger partial charge in [0.15, 0.2) is 11.5 Å². The van der Waals surface area contributed by atoms with Gasteiger partial charge in [-0.05, 0) is 43.7 Å². The number of phenolic OH excluding ortho intramolecular Hbond substituents is 1. The second-order valence-corrected chi connectivity index (χ2v) is 5.70. The van der Waals surface area contributed by atoms with Crippen LogP contribution in [0.3, 0.4) is 0 Å². The first-order chi connectivity index (χ1) is 12.0. The number of carbonyl (C=O) groups is 1. The number of amides is 1. The van der Waals surface area contributed by atoms with Gasteiger partial charge in [0.05, 0.1) is 24.4 Å². The van der Waals surface area contributed by atoms with Crippen molar-refractivity contribution >= 4 is 29.4 Å². The van der Waals surface area contributed by atoms with Gasteiger partial charge >= 0.3 is 0 Å². The molecular formula is C18H20ClN3O3. The van der Waals surface area contributed by atoms with Crippen LogP contribution in [-0.4, -0.2) is 30.4 Å². The molecule has 0 heterocycles. The average molecular weight is 362 g/mol. The van der Waals surface area contributed by atoms with Crippen LogP contribution in [0.4, 0.5) is 5.69 Å². The number of hydrazone groups is 1. The lowest BCUT2D eigenvalue weighted by Crippen LogP contribution is -2.25. The molecule has 0 saturated carbocycles. The van der Waals surface area contributed by atoms with E-state index in [1.807, 2.05) is 31.2 Å². The normalized spacial score (nSPS) is 10.7. The van der Waals surface area contributed by atoms with Gasteiger partial charge in [0.2, 0.25) is 0 Å². The van der Waals surface area contributed by atoms with Crippen molar-refractivity contribution in [1.82, 2.24) is 5.43 Å². The third-order valence-corrected chi connectivity index (χ3v) is 3.55. The molecule has 0 aliphatic rings. The van der Waals surface area contributed by atoms with Crippen molar-refractivity contribution < 1.29 is 14.6 Å². The van der Waals surface area contributed by atoms with Crippen LogP contribution in [0.5, 0.6) is 11.5 Å². The molecule has 0 aliphatic carbocycles. The summed E-state index contributed by atoms with van der Waals surface area (Å²) in [7, 11) is 0. The molecule has 7 heteroatoms. The van der Waals surface area contributed by atoms with Crippen LogP contribution in [0.25, 0.3) is 0 Å². The summed E-state index contributed by atoms with van der Waals surface area (Å²) in [6.45, 7) is 4.29. The Kier molecular flexibility index (Phi) is 6.65. The molecule has 0 radical (unpaired) electrons. The van der Waals surface area contributed by atoms with Gasteiger partial charge in [0.25, 0.3) is 5.91 Å². The second-order valence-electron chi connectivity index (χ2n) is 5.30. The molecule has 0 spiro atoms. The highest BCUT2D eigenvalue weighted by atomic mass is 35.5. The number of halogens is 1. The van der Waals surface area contributed by atoms with Crippen molar-refractivity contribution in [3.63, 3.8) is 0 Å². The molecule has 132 valence electrons. The highest BCUT2D eigenvalue weighted by Crippen LogP contribution is 2.34. The van der Waals surface area contributed by atoms with Gasteiger partial charge in [-0.2, -0.15) is 5.10 Å². The van der Waals surface area contributed by atoms with Crippen LogP contribution in [0.1, 0.15) is 18.1 Å². The Labute approximate surface area is 151 Å². The van der Waals surface area contributed by atoms with Crippen LogP contribution >= 0.6 is 11.6 Å². The number of anilines is 1. The number of aromatic hydroxyl groups is 1. The third-order valence-electron chi connectivity index (χ3n) is 3.26. The van der Waals surface area contributed by atoms with E-state index in [2.05, 4.69) is 15.8 Å². The van der Waals surface area contributed by atoms with E-state index in [0.717, 1.165) is 11.3 Å². The van der Waals surface area contributed by atoms with Crippen LogP contribution in [0.2, 0.25) is 5.02 Å². The third kappa shape index (κ3) is 5.69. The minimum atomic E-state index is -0.285. The zero-order chi connectivity index (χ0) is 18.2. The first-order valence-corrected chi connectivity index (χ1v) is 8.15. The lowest BCUT2D eigenvalue weighted by Gasteiger charge is -2.08. The van der Waals surface area contributed by atoms with Gasteiger partial charge in [-0.1, -0.05) is 29.3 Å². The molecule has 0 bridgehead atoms. The molecule has 2 rings (SSSR count). The van der Waals surface area contributed by atoms with Crippen molar-refractivity contribution in [3.8, 4) is 11.5 Å². The Morgan fingerprint density at radius 2 is 2.04 bits per heavy atom. The maximum Gasteiger partial charge on any atom is 0.259 e. The van der Waals surface area contributed by atoms with Gasteiger partial charge in [-0.3, -0.25) is 4.79 Å². The quantitative estimate of drug-likeness (QED) is 0.522. The zero-order valence-electron chi connectivity index (χ0n) is 14.0. The van der Waals surface area contributed by atoms with Gasteiger partial charge in [0.1, 0.15) is 0 Å². The minimum Gasteiger partial charge on any atom is -0.503 e. The molecule has 0 aliphatic heterocycles. The molecule has 3 N–H and O–H groups in total. The summed E-state index contributed by atoms with van der Waals surface area (Å²) in [6.07, 6.45) is 1.43. The largest absolute Gasteiger partial charge is 0.503 e. The fourth-order valence-corrected chi connectivity index (χ4v) is 2.23. The van der Waals surface area contributed by atoms with Gasteiger partial charge in [-0.15, -0.1) is 0 Å². The van der Waals surface area contributed by atoms with E-state index in [4.69, 9.17) is 16.3 Å². The fraction of sp³-hybridized carbons (Fsp3) is 0.222. The number of hydrogen-bond donors (Lipinski definition) is 3. The predicted molar refractivity (Wildman–Crippen MR) is 99.7 cm³/mol. The summed E-state index contributed by atoms with van der Waals surface area (Å²) < 4.78 is 5.29. The van der Waals surface area contributed by atoms with Crippen LogP contribution in [0.15, 0.2) is 41.5 Å². The van der Waals surface area contributed by atoms with Crippen LogP contribution in [-0.2, 0) is 4.79 Å². The Morgan fingerprint density at radius 3 is 2.72 bits per heavy atom. The monoisotopic (exact) mass is 361 g/mol. The van der Waals surface area contributed by atoms with Gasteiger partial charge < -0.3 is 15.2 Å². The van der Waals surface area contributed by atoms with Crippen molar-refractivity contribution in [1.29, 1.82) is 0 Å². The number of phenols is 1. The molecule has 1 amide bonds. The molecule has 6 nitrogen and oxygen atoms in total. The number of benzene rings is 2. The molecule has 0 unspecified atom stereocenters. The SMILES string of the molecule is CCOc1cc(/C=N\NC(=O)CNc2ccc(C)cc2)cc(Cl)c1O. The molecular weight excluding hydrogens is 342 g/mol. The standard InChI is InChI=1S/C18H20ClN3O3/c1-3-25-16-9-13(8-15(19)18(16)24)10-21-22-17(23)11-20-14-6-4-12(2)5-7-14/h4-10,20,24H,3,11H2,1-2H3,(H,22,23)/b21-10-. The van der Waals surface area contributed by atoms with Crippen molar-refractivity contribution in [2.45, 2.75) is 13.8 Å². The van der Waals surface area contributed by atoms with E-state index < -0.39 is 0 Å². The maximum atomic E-state index is 11.8. The number of aryl methyl sites for hydroxylation is 1. The van der Waals surface area contributed by atoms with Crippen molar-refractivity contribution in [2.24, 2.45) is 5.10 Å². The van der Waals surface area contributed by atoms with Gasteiger partial charge in [0, 0.05) is 5.69 Å². The summed E-state index contributed by atoms with van der Waals surface area (Å²) in [5.41, 5.74) is 5.02. The molecule has 0 atom stereocenters. The lowest BCUT2D eigenvalue weighted by atomic mass is 10.2. The molecule has 0 saturated heterocycles. The smallest absolute Gasteiger partial charge is 0.259 e. The topological polar surface area (TPSA) is 83.0 Å². The predicted octanol–water partition coefficient (Wildman–Crippen LogP) is 3.31. The number of hydrogen-bond acceptors (Lipinski definition) is 5. The maximum absolute atomic E-state index is 11.8. The Balaban J connectivity index is 1.89. The number of nitrogens with zero attached hydrogens (tertiary/aromatic N) is 1. The Hall–Kier alpha value is -2.73. The number of nitrogens with one attached hydrogen (secondary N) is 2. The summed E-state index contributed by atoms with van der Waals surface area (Å²) in [5.74, 6) is -0.137. The van der Waals surface area contributed by atoms with E-state index in [-0.39, 0.29) is 29.0 Å². The molecule has 25 heavy (non-hydrogen) atoms. The van der Waals surface area contributed by atoms with E-state index in [1.54, 1.807) is 13.0 Å². The summed E-state index contributed by atoms with van der Waals surface area (Å²) in [4.78, 5) is 11.8. The number of rotatable bonds is 7. The second kappa shape index (κ2) is 8.94. The summed E-state index contributed by atoms with van der Waals surface area (Å²) in [5, 5.41) is 16.8. The van der Waals surface area contributed by atoms with Crippen LogP contribution < -0.4 is 15.5 Å². The van der Waals surface area contributed by atoms with E-state index >= 15 is 0 Å². The lowest BCUT2D eigenvalue weighted by molar-refractivity contribution is -0.119. The fourth-order valence-electron chi connectivity index (χ4n) is 2.01. The highest BCUT2D eigenvalue weighted by molar-refractivity contribution is 6.32. The molecule has 0 fully saturated rings. The summed E-state index contributed by atoms with van der Waals surface area (Å²) in [6, 6.07) is 10.8. The first kappa shape index (κ1) is 18.6. The zero-order valence-corrected chi connectivity index (χ0v) is 14.8. The number of ether oxygens (including phenoxy) is 1. The molecule has 0 aromatic heterocycles. The minimum absolute atomic E-state index is 0.0981. The van der Waals surface area contributed by atoms with E-state index in [9.17, 15) is 9.90 Å².